The van der Waals surface area contributed by atoms with E-state index in [0.717, 1.165) is 4.90 Å². The Morgan fingerprint density at radius 2 is 0.864 bits per heavy atom. The Balaban J connectivity index is 2.10. The van der Waals surface area contributed by atoms with Crippen LogP contribution in [0.25, 0.3) is 0 Å². The molecule has 3 aromatic rings. The summed E-state index contributed by atoms with van der Waals surface area (Å²) in [5.41, 5.74) is 2.59. The summed E-state index contributed by atoms with van der Waals surface area (Å²) in [5.74, 6) is 0. The summed E-state index contributed by atoms with van der Waals surface area (Å²) in [4.78, 5) is 5.02. The predicted molar refractivity (Wildman–Crippen MR) is 98.2 cm³/mol. The maximum Gasteiger partial charge on any atom is 0.166 e. The third kappa shape index (κ3) is 3.40. The van der Waals surface area contributed by atoms with Crippen molar-refractivity contribution in [1.29, 1.82) is 0 Å². The Morgan fingerprint density at radius 1 is 0.545 bits per heavy atom. The van der Waals surface area contributed by atoms with Gasteiger partial charge in [-0.3, -0.25) is 0 Å². The Morgan fingerprint density at radius 3 is 1.23 bits per heavy atom. The van der Waals surface area contributed by atoms with Crippen molar-refractivity contribution in [2.75, 3.05) is 0 Å². The van der Waals surface area contributed by atoms with E-state index in [1.54, 1.807) is 0 Å². The minimum Gasteiger partial charge on any atom is -0.143 e. The highest BCUT2D eigenvalue weighted by molar-refractivity contribution is 7.97. The van der Waals surface area contributed by atoms with Gasteiger partial charge in [0, 0.05) is 4.90 Å². The Labute approximate surface area is 141 Å². The Hall–Kier alpha value is -1.64. The monoisotopic (exact) mass is 323 g/mol. The maximum atomic E-state index is 4.40. The van der Waals surface area contributed by atoms with Crippen LogP contribution in [0.15, 0.2) is 92.4 Å². The number of hydrogen-bond acceptors (Lipinski definition) is 1. The van der Waals surface area contributed by atoms with Crippen LogP contribution >= 0.6 is 12.6 Å². The van der Waals surface area contributed by atoms with Crippen LogP contribution in [0.3, 0.4) is 0 Å². The molecule has 0 unspecified atom stereocenters. The largest absolute Gasteiger partial charge is 0.166 e. The molecule has 0 spiro atoms. The van der Waals surface area contributed by atoms with E-state index >= 15 is 0 Å². The van der Waals surface area contributed by atoms with Crippen molar-refractivity contribution in [2.24, 2.45) is 0 Å². The molecule has 2 heteroatoms. The Bertz CT molecular complexity index is 633. The van der Waals surface area contributed by atoms with Gasteiger partial charge in [0.15, 0.2) is 14.7 Å². The van der Waals surface area contributed by atoms with E-state index in [9.17, 15) is 0 Å². The molecule has 0 aliphatic heterocycles. The highest BCUT2D eigenvalue weighted by Crippen LogP contribution is 2.31. The molecule has 0 aromatic heterocycles. The SMILES string of the molecule is Cc1ccc([S+](c2ccc(C)cc2)c2ccc(S)cc2)cc1. The van der Waals surface area contributed by atoms with E-state index in [-0.39, 0.29) is 10.9 Å². The van der Waals surface area contributed by atoms with Gasteiger partial charge in [0.05, 0.1) is 10.9 Å². The molecule has 3 aromatic carbocycles. The average molecular weight is 324 g/mol. The van der Waals surface area contributed by atoms with Gasteiger partial charge in [-0.05, 0) is 62.4 Å². The van der Waals surface area contributed by atoms with Gasteiger partial charge >= 0.3 is 0 Å². The summed E-state index contributed by atoms with van der Waals surface area (Å²) >= 11 is 4.40. The lowest BCUT2D eigenvalue weighted by molar-refractivity contribution is 1.27. The summed E-state index contributed by atoms with van der Waals surface area (Å²) in [6.07, 6.45) is 0. The fourth-order valence-corrected chi connectivity index (χ4v) is 4.53. The van der Waals surface area contributed by atoms with E-state index in [1.807, 2.05) is 0 Å². The minimum absolute atomic E-state index is 0.0734. The molecule has 3 rings (SSSR count). The highest BCUT2D eigenvalue weighted by Gasteiger charge is 2.28. The summed E-state index contributed by atoms with van der Waals surface area (Å²) in [7, 11) is -0.0734. The van der Waals surface area contributed by atoms with Crippen molar-refractivity contribution in [3.63, 3.8) is 0 Å². The molecule has 22 heavy (non-hydrogen) atoms. The first kappa shape index (κ1) is 15.3. The van der Waals surface area contributed by atoms with E-state index in [2.05, 4.69) is 99.3 Å². The van der Waals surface area contributed by atoms with Gasteiger partial charge in [0.2, 0.25) is 0 Å². The predicted octanol–water partition coefficient (Wildman–Crippen LogP) is 5.69. The van der Waals surface area contributed by atoms with E-state index in [4.69, 9.17) is 0 Å². The standard InChI is InChI=1S/C20H18S2/c1-15-3-9-18(10-4-15)22(19-11-5-16(2)6-12-19)20-13-7-17(21)8-14-20/h3-14H,1-2H3/p+1. The number of aryl methyl sites for hydroxylation is 2. The maximum absolute atomic E-state index is 4.40. The molecule has 0 heterocycles. The van der Waals surface area contributed by atoms with Crippen LogP contribution in [0.2, 0.25) is 0 Å². The number of hydrogen-bond donors (Lipinski definition) is 1. The summed E-state index contributed by atoms with van der Waals surface area (Å²) in [6, 6.07) is 26.2. The molecule has 0 amide bonds. The first-order valence-corrected chi connectivity index (χ1v) is 8.97. The molecule has 0 N–H and O–H groups in total. The lowest BCUT2D eigenvalue weighted by Crippen LogP contribution is -2.04. The topological polar surface area (TPSA) is 0 Å². The zero-order valence-electron chi connectivity index (χ0n) is 12.8. The zero-order valence-corrected chi connectivity index (χ0v) is 14.5. The summed E-state index contributed by atoms with van der Waals surface area (Å²) < 4.78 is 0. The van der Waals surface area contributed by atoms with Crippen molar-refractivity contribution in [3.8, 4) is 0 Å². The lowest BCUT2D eigenvalue weighted by Gasteiger charge is -2.08. The van der Waals surface area contributed by atoms with Gasteiger partial charge in [-0.2, -0.15) is 0 Å². The molecule has 0 saturated carbocycles. The summed E-state index contributed by atoms with van der Waals surface area (Å²) in [5, 5.41) is 0. The smallest absolute Gasteiger partial charge is 0.143 e. The van der Waals surface area contributed by atoms with Crippen molar-refractivity contribution in [1.82, 2.24) is 0 Å². The molecule has 0 nitrogen and oxygen atoms in total. The first-order valence-electron chi connectivity index (χ1n) is 7.30. The zero-order chi connectivity index (χ0) is 15.5. The number of rotatable bonds is 3. The van der Waals surface area contributed by atoms with E-state index in [1.165, 1.54) is 25.8 Å². The van der Waals surface area contributed by atoms with Crippen molar-refractivity contribution < 1.29 is 0 Å². The third-order valence-corrected chi connectivity index (χ3v) is 6.11. The molecule has 0 aliphatic rings. The van der Waals surface area contributed by atoms with Crippen LogP contribution in [-0.2, 0) is 10.9 Å². The quantitative estimate of drug-likeness (QED) is 0.465. The van der Waals surface area contributed by atoms with Crippen LogP contribution < -0.4 is 0 Å². The van der Waals surface area contributed by atoms with Crippen LogP contribution in [0.1, 0.15) is 11.1 Å². The number of thiol groups is 1. The van der Waals surface area contributed by atoms with Gasteiger partial charge in [-0.1, -0.05) is 35.4 Å². The van der Waals surface area contributed by atoms with Gasteiger partial charge in [0.1, 0.15) is 0 Å². The van der Waals surface area contributed by atoms with E-state index < -0.39 is 0 Å². The van der Waals surface area contributed by atoms with Crippen LogP contribution in [0.5, 0.6) is 0 Å². The molecule has 0 atom stereocenters. The van der Waals surface area contributed by atoms with Crippen molar-refractivity contribution >= 4 is 23.5 Å². The molecular weight excluding hydrogens is 304 g/mol. The average Bonchev–Trinajstić information content (AvgIpc) is 2.53. The molecule has 110 valence electrons. The second kappa shape index (κ2) is 6.64. The van der Waals surface area contributed by atoms with E-state index in [0.29, 0.717) is 0 Å². The molecule has 0 bridgehead atoms. The van der Waals surface area contributed by atoms with Gasteiger partial charge in [0.25, 0.3) is 0 Å². The first-order chi connectivity index (χ1) is 10.6. The molecular formula is C20H19S2+. The second-order valence-electron chi connectivity index (χ2n) is 5.43. The third-order valence-electron chi connectivity index (χ3n) is 3.59. The van der Waals surface area contributed by atoms with Crippen LogP contribution in [0, 0.1) is 13.8 Å². The highest BCUT2D eigenvalue weighted by atomic mass is 32.2. The minimum atomic E-state index is -0.0734. The van der Waals surface area contributed by atoms with Gasteiger partial charge < -0.3 is 0 Å². The normalized spacial score (nSPS) is 10.9. The number of benzene rings is 3. The van der Waals surface area contributed by atoms with Gasteiger partial charge in [-0.15, -0.1) is 12.6 Å². The fourth-order valence-electron chi connectivity index (χ4n) is 2.34. The second-order valence-corrected chi connectivity index (χ2v) is 7.97. The van der Waals surface area contributed by atoms with Gasteiger partial charge in [-0.25, -0.2) is 0 Å². The molecule has 0 saturated heterocycles. The Kier molecular flexibility index (Phi) is 4.60. The van der Waals surface area contributed by atoms with Crippen molar-refractivity contribution in [3.05, 3.63) is 83.9 Å². The summed E-state index contributed by atoms with van der Waals surface area (Å²) in [6.45, 7) is 4.26. The van der Waals surface area contributed by atoms with Crippen LogP contribution in [0.4, 0.5) is 0 Å². The lowest BCUT2D eigenvalue weighted by atomic mass is 10.2. The molecule has 0 aliphatic carbocycles. The van der Waals surface area contributed by atoms with Crippen LogP contribution in [-0.4, -0.2) is 0 Å². The van der Waals surface area contributed by atoms with Crippen molar-refractivity contribution in [2.45, 2.75) is 33.4 Å². The molecule has 0 radical (unpaired) electrons. The molecule has 0 fully saturated rings. The fraction of sp³-hybridized carbons (Fsp3) is 0.100.